The van der Waals surface area contributed by atoms with Crippen LogP contribution < -0.4 is 11.1 Å². The number of rotatable bonds is 6. The summed E-state index contributed by atoms with van der Waals surface area (Å²) in [5.74, 6) is -8.10. The number of nitrogens with two attached hydrogens (primary N) is 1. The molecule has 2 amide bonds. The molecule has 3 aliphatic rings. The van der Waals surface area contributed by atoms with Gasteiger partial charge >= 0.3 is 0 Å². The van der Waals surface area contributed by atoms with Gasteiger partial charge in [-0.05, 0) is 58.6 Å². The van der Waals surface area contributed by atoms with E-state index in [0.717, 1.165) is 0 Å². The van der Waals surface area contributed by atoms with Gasteiger partial charge in [0.15, 0.2) is 17.1 Å². The predicted octanol–water partition coefficient (Wildman–Crippen LogP) is -1.02. The third kappa shape index (κ3) is 4.09. The number of Topliss-reactive ketones (excluding diaryl/α,β-unsaturated/α-hetero) is 2. The number of primary amides is 1. The summed E-state index contributed by atoms with van der Waals surface area (Å²) in [7, 11) is 6.27. The fraction of sp³-hybridized carbons (Fsp3) is 0.462. The average molecular weight is 545 g/mol. The highest BCUT2D eigenvalue weighted by Gasteiger charge is 2.63. The van der Waals surface area contributed by atoms with Crippen molar-refractivity contribution < 1.29 is 44.7 Å². The number of phenolic OH excluding ortho intramolecular Hbond substituents is 1. The molecule has 5 atom stereocenters. The van der Waals surface area contributed by atoms with Gasteiger partial charge in [0.2, 0.25) is 11.7 Å². The summed E-state index contributed by atoms with van der Waals surface area (Å²) in [6.45, 7) is -0.495. The minimum atomic E-state index is -2.73. The lowest BCUT2D eigenvalue weighted by Crippen LogP contribution is -2.63. The Morgan fingerprint density at radius 2 is 1.79 bits per heavy atom. The highest BCUT2D eigenvalue weighted by Crippen LogP contribution is 2.52. The van der Waals surface area contributed by atoms with Crippen LogP contribution in [0.4, 0.5) is 5.69 Å². The molecule has 39 heavy (non-hydrogen) atoms. The number of fused-ring (bicyclic) bond motifs is 3. The van der Waals surface area contributed by atoms with E-state index in [1.54, 1.807) is 34.3 Å². The number of nitrogens with one attached hydrogen (secondary N) is 1. The minimum absolute atomic E-state index is 0.0218. The summed E-state index contributed by atoms with van der Waals surface area (Å²) in [5.41, 5.74) is 1.50. The van der Waals surface area contributed by atoms with Gasteiger partial charge in [0, 0.05) is 11.5 Å². The second kappa shape index (κ2) is 9.75. The van der Waals surface area contributed by atoms with Crippen LogP contribution in [-0.4, -0.2) is 111 Å². The number of hydrogen-bond donors (Lipinski definition) is 7. The molecule has 0 heterocycles. The van der Waals surface area contributed by atoms with Gasteiger partial charge in [0.25, 0.3) is 5.91 Å². The molecule has 13 heteroatoms. The van der Waals surface area contributed by atoms with E-state index < -0.39 is 82.3 Å². The molecule has 0 aromatic heterocycles. The Labute approximate surface area is 223 Å². The van der Waals surface area contributed by atoms with Crippen molar-refractivity contribution in [2.45, 2.75) is 30.5 Å². The lowest BCUT2D eigenvalue weighted by Gasteiger charge is -2.50. The Morgan fingerprint density at radius 3 is 2.33 bits per heavy atom. The van der Waals surface area contributed by atoms with Crippen molar-refractivity contribution in [1.82, 2.24) is 9.80 Å². The van der Waals surface area contributed by atoms with Crippen LogP contribution in [0.25, 0.3) is 0 Å². The molecule has 0 spiro atoms. The molecule has 0 aliphatic heterocycles. The monoisotopic (exact) mass is 544 g/mol. The van der Waals surface area contributed by atoms with Crippen molar-refractivity contribution >= 4 is 29.1 Å². The van der Waals surface area contributed by atoms with E-state index in [2.05, 4.69) is 5.32 Å². The number of carbonyl (C=O) groups is 4. The number of likely N-dealkylation sites (N-methyl/N-ethyl adjacent to an activating group) is 2. The van der Waals surface area contributed by atoms with Crippen LogP contribution >= 0.6 is 0 Å². The number of hydrogen-bond acceptors (Lipinski definition) is 11. The molecule has 0 bridgehead atoms. The number of ketones is 2. The Hall–Kier alpha value is -3.78. The lowest BCUT2D eigenvalue weighted by molar-refractivity contribution is -0.148. The van der Waals surface area contributed by atoms with Crippen molar-refractivity contribution in [3.05, 3.63) is 45.9 Å². The van der Waals surface area contributed by atoms with E-state index in [1.165, 1.54) is 15.9 Å². The molecule has 210 valence electrons. The van der Waals surface area contributed by atoms with Crippen LogP contribution in [0.3, 0.4) is 0 Å². The maximum Gasteiger partial charge on any atom is 0.255 e. The normalized spacial score (nSPS) is 27.3. The van der Waals surface area contributed by atoms with Gasteiger partial charge in [-0.25, -0.2) is 0 Å². The largest absolute Gasteiger partial charge is 0.510 e. The summed E-state index contributed by atoms with van der Waals surface area (Å²) >= 11 is 0. The van der Waals surface area contributed by atoms with Gasteiger partial charge in [-0.2, -0.15) is 0 Å². The molecule has 3 aliphatic carbocycles. The van der Waals surface area contributed by atoms with Crippen molar-refractivity contribution in [2.75, 3.05) is 40.1 Å². The molecule has 0 radical (unpaired) electrons. The molecular weight excluding hydrogens is 512 g/mol. The molecule has 1 aromatic carbocycles. The van der Waals surface area contributed by atoms with Crippen molar-refractivity contribution in [1.29, 1.82) is 0 Å². The number of anilines is 1. The van der Waals surface area contributed by atoms with Crippen LogP contribution in [0.2, 0.25) is 0 Å². The van der Waals surface area contributed by atoms with Gasteiger partial charge < -0.3 is 36.6 Å². The molecule has 13 nitrogen and oxygen atoms in total. The first kappa shape index (κ1) is 28.2. The number of aliphatic hydroxyl groups excluding tert-OH is 3. The standard InChI is InChI=1S/C26H32N4O9/c1-29(2)14(9-31)25(38)28-13-6-5-10-7-11-8-12-18(30(3)4)21(34)17(24(27)37)23(36)26(12,39)22(35)16(11)20(33)15(10)19(13)32/h5-6,11-12,14,18,31-32,34-35,39H,7-9H2,1-4H3,(H2,27,37)(H,28,38)/t11?,12?,14?,18-,26-/m0/s1. The molecule has 1 aromatic rings. The number of benzene rings is 1. The topological polar surface area (TPSA) is 214 Å². The van der Waals surface area contributed by atoms with E-state index in [1.807, 2.05) is 0 Å². The summed E-state index contributed by atoms with van der Waals surface area (Å²) in [5, 5.41) is 56.7. The van der Waals surface area contributed by atoms with Crippen molar-refractivity contribution in [2.24, 2.45) is 17.6 Å². The zero-order valence-corrected chi connectivity index (χ0v) is 21.9. The van der Waals surface area contributed by atoms with E-state index in [4.69, 9.17) is 5.73 Å². The summed E-state index contributed by atoms with van der Waals surface area (Å²) < 4.78 is 0. The highest BCUT2D eigenvalue weighted by atomic mass is 16.3. The van der Waals surface area contributed by atoms with Gasteiger partial charge in [0.05, 0.1) is 23.9 Å². The van der Waals surface area contributed by atoms with Crippen molar-refractivity contribution in [3.63, 3.8) is 0 Å². The maximum atomic E-state index is 13.7. The molecule has 0 saturated carbocycles. The number of phenols is 1. The van der Waals surface area contributed by atoms with E-state index in [-0.39, 0.29) is 29.7 Å². The fourth-order valence-corrected chi connectivity index (χ4v) is 6.02. The molecule has 8 N–H and O–H groups in total. The molecule has 4 rings (SSSR count). The number of allylic oxidation sites excluding steroid dienone is 1. The zero-order valence-electron chi connectivity index (χ0n) is 21.9. The summed E-state index contributed by atoms with van der Waals surface area (Å²) in [4.78, 5) is 54.6. The van der Waals surface area contributed by atoms with Gasteiger partial charge in [0.1, 0.15) is 23.1 Å². The Bertz CT molecular complexity index is 1350. The SMILES string of the molecule is CN(C)C(CO)C(=O)Nc1ccc2c(c1O)C(=O)C1=C(O)[C@]3(O)C(=O)C(C(N)=O)=C(O)[C@@H](N(C)C)C3CC1C2. The first-order valence-electron chi connectivity index (χ1n) is 12.3. The summed E-state index contributed by atoms with van der Waals surface area (Å²) in [6.07, 6.45) is 0.110. The van der Waals surface area contributed by atoms with Crippen LogP contribution in [-0.2, 0) is 20.8 Å². The Balaban J connectivity index is 1.83. The van der Waals surface area contributed by atoms with E-state index in [9.17, 15) is 44.7 Å². The number of amides is 2. The van der Waals surface area contributed by atoms with E-state index in [0.29, 0.717) is 5.56 Å². The third-order valence-corrected chi connectivity index (χ3v) is 7.95. The lowest BCUT2D eigenvalue weighted by atomic mass is 9.58. The number of nitrogens with zero attached hydrogens (tertiary/aromatic N) is 2. The quantitative estimate of drug-likeness (QED) is 0.170. The zero-order chi connectivity index (χ0) is 29.1. The number of carbonyl (C=O) groups excluding carboxylic acids is 4. The van der Waals surface area contributed by atoms with Crippen LogP contribution in [0.5, 0.6) is 5.75 Å². The third-order valence-electron chi connectivity index (χ3n) is 7.95. The number of aliphatic hydroxyl groups is 4. The smallest absolute Gasteiger partial charge is 0.255 e. The second-order valence-electron chi connectivity index (χ2n) is 10.6. The van der Waals surface area contributed by atoms with Gasteiger partial charge in [-0.3, -0.25) is 29.0 Å². The van der Waals surface area contributed by atoms with Crippen LogP contribution in [0.15, 0.2) is 34.8 Å². The van der Waals surface area contributed by atoms with Gasteiger partial charge in [-0.1, -0.05) is 6.07 Å². The number of aromatic hydroxyl groups is 1. The van der Waals surface area contributed by atoms with Crippen molar-refractivity contribution in [3.8, 4) is 5.75 Å². The van der Waals surface area contributed by atoms with E-state index >= 15 is 0 Å². The Kier molecular flexibility index (Phi) is 7.06. The molecule has 0 fully saturated rings. The maximum absolute atomic E-state index is 13.7. The predicted molar refractivity (Wildman–Crippen MR) is 137 cm³/mol. The first-order chi connectivity index (χ1) is 18.2. The molecule has 3 unspecified atom stereocenters. The molecular formula is C26H32N4O9. The minimum Gasteiger partial charge on any atom is -0.510 e. The highest BCUT2D eigenvalue weighted by molar-refractivity contribution is 6.25. The van der Waals surface area contributed by atoms with Crippen LogP contribution in [0, 0.1) is 11.8 Å². The molecule has 0 saturated heterocycles. The van der Waals surface area contributed by atoms with Crippen LogP contribution in [0.1, 0.15) is 22.3 Å². The fourth-order valence-electron chi connectivity index (χ4n) is 6.02. The van der Waals surface area contributed by atoms with Gasteiger partial charge in [-0.15, -0.1) is 0 Å². The second-order valence-corrected chi connectivity index (χ2v) is 10.6. The Morgan fingerprint density at radius 1 is 1.15 bits per heavy atom. The average Bonchev–Trinajstić information content (AvgIpc) is 2.83. The summed E-state index contributed by atoms with van der Waals surface area (Å²) in [6, 6.07) is 0.955. The first-order valence-corrected chi connectivity index (χ1v) is 12.3.